The Hall–Kier alpha value is -1.38. The average molecular weight is 274 g/mol. The second-order valence-electron chi connectivity index (χ2n) is 4.47. The third kappa shape index (κ3) is 2.02. The third-order valence-electron chi connectivity index (χ3n) is 2.90. The molecular weight excluding hydrogens is 262 g/mol. The molecule has 18 heavy (non-hydrogen) atoms. The van der Waals surface area contributed by atoms with Gasteiger partial charge in [0.25, 0.3) is 0 Å². The van der Waals surface area contributed by atoms with E-state index in [-0.39, 0.29) is 0 Å². The summed E-state index contributed by atoms with van der Waals surface area (Å²) >= 11 is 7.98. The Balaban J connectivity index is 2.19. The largest absolute Gasteiger partial charge is 0.236 e. The van der Waals surface area contributed by atoms with E-state index in [1.54, 1.807) is 11.3 Å². The van der Waals surface area contributed by atoms with Crippen LogP contribution in [0.4, 0.5) is 0 Å². The first-order valence-corrected chi connectivity index (χ1v) is 6.96. The molecule has 0 fully saturated rings. The summed E-state index contributed by atoms with van der Waals surface area (Å²) in [6.07, 6.45) is 0. The first-order chi connectivity index (χ1) is 8.63. The van der Waals surface area contributed by atoms with Crippen molar-refractivity contribution in [3.63, 3.8) is 0 Å². The molecule has 0 unspecified atom stereocenters. The standard InChI is InChI=1S/C15H12ClNS/c1-9-3-5-11(12(16)7-9)15-17-13-6-4-10(2)8-14(13)18-15/h3-8H,1-2H3. The SMILES string of the molecule is Cc1ccc(-c2nc3ccc(C)cc3s2)c(Cl)c1. The van der Waals surface area contributed by atoms with Gasteiger partial charge in [0.05, 0.1) is 15.2 Å². The van der Waals surface area contributed by atoms with Gasteiger partial charge in [-0.1, -0.05) is 29.8 Å². The Morgan fingerprint density at radius 2 is 1.72 bits per heavy atom. The normalized spacial score (nSPS) is 11.1. The lowest BCUT2D eigenvalue weighted by atomic mass is 10.1. The van der Waals surface area contributed by atoms with Crippen molar-refractivity contribution in [2.45, 2.75) is 13.8 Å². The monoisotopic (exact) mass is 273 g/mol. The highest BCUT2D eigenvalue weighted by Crippen LogP contribution is 2.34. The summed E-state index contributed by atoms with van der Waals surface area (Å²) in [6, 6.07) is 12.4. The maximum Gasteiger partial charge on any atom is 0.126 e. The summed E-state index contributed by atoms with van der Waals surface area (Å²) in [4.78, 5) is 4.65. The van der Waals surface area contributed by atoms with Crippen LogP contribution in [0.15, 0.2) is 36.4 Å². The van der Waals surface area contributed by atoms with E-state index in [0.717, 1.165) is 21.1 Å². The number of benzene rings is 2. The van der Waals surface area contributed by atoms with E-state index < -0.39 is 0 Å². The van der Waals surface area contributed by atoms with E-state index in [1.807, 2.05) is 19.1 Å². The molecule has 0 saturated carbocycles. The second kappa shape index (κ2) is 4.38. The topological polar surface area (TPSA) is 12.9 Å². The minimum Gasteiger partial charge on any atom is -0.236 e. The molecule has 90 valence electrons. The van der Waals surface area contributed by atoms with Gasteiger partial charge >= 0.3 is 0 Å². The van der Waals surface area contributed by atoms with Gasteiger partial charge in [0, 0.05) is 5.56 Å². The predicted molar refractivity (Wildman–Crippen MR) is 79.5 cm³/mol. The fourth-order valence-electron chi connectivity index (χ4n) is 1.94. The molecule has 2 aromatic carbocycles. The molecule has 3 heteroatoms. The van der Waals surface area contributed by atoms with Gasteiger partial charge in [-0.25, -0.2) is 4.98 Å². The van der Waals surface area contributed by atoms with E-state index in [2.05, 4.69) is 36.2 Å². The summed E-state index contributed by atoms with van der Waals surface area (Å²) in [6.45, 7) is 4.13. The van der Waals surface area contributed by atoms with Crippen LogP contribution in [0.5, 0.6) is 0 Å². The Morgan fingerprint density at radius 3 is 2.50 bits per heavy atom. The Kier molecular flexibility index (Phi) is 2.84. The molecule has 0 atom stereocenters. The molecule has 1 aromatic heterocycles. The fraction of sp³-hybridized carbons (Fsp3) is 0.133. The molecule has 0 aliphatic rings. The van der Waals surface area contributed by atoms with Crippen LogP contribution >= 0.6 is 22.9 Å². The highest BCUT2D eigenvalue weighted by Gasteiger charge is 2.09. The number of aryl methyl sites for hydroxylation is 2. The first kappa shape index (κ1) is 11.7. The lowest BCUT2D eigenvalue weighted by molar-refractivity contribution is 1.43. The van der Waals surface area contributed by atoms with E-state index in [9.17, 15) is 0 Å². The summed E-state index contributed by atoms with van der Waals surface area (Å²) in [5.41, 5.74) is 4.48. The molecule has 3 rings (SSSR count). The van der Waals surface area contributed by atoms with E-state index in [1.165, 1.54) is 15.8 Å². The molecule has 0 amide bonds. The van der Waals surface area contributed by atoms with Crippen LogP contribution in [0, 0.1) is 13.8 Å². The number of fused-ring (bicyclic) bond motifs is 1. The van der Waals surface area contributed by atoms with Crippen LogP contribution in [0.25, 0.3) is 20.8 Å². The number of aromatic nitrogens is 1. The molecule has 0 bridgehead atoms. The number of hydrogen-bond acceptors (Lipinski definition) is 2. The molecule has 0 N–H and O–H groups in total. The fourth-order valence-corrected chi connectivity index (χ4v) is 3.42. The number of nitrogens with zero attached hydrogens (tertiary/aromatic N) is 1. The lowest BCUT2D eigenvalue weighted by Crippen LogP contribution is -1.79. The van der Waals surface area contributed by atoms with Crippen molar-refractivity contribution >= 4 is 33.2 Å². The van der Waals surface area contributed by atoms with Crippen molar-refractivity contribution < 1.29 is 0 Å². The van der Waals surface area contributed by atoms with Crippen molar-refractivity contribution in [1.29, 1.82) is 0 Å². The average Bonchev–Trinajstić information content (AvgIpc) is 2.71. The molecule has 3 aromatic rings. The second-order valence-corrected chi connectivity index (χ2v) is 5.91. The molecule has 0 aliphatic carbocycles. The number of halogens is 1. The Morgan fingerprint density at radius 1 is 1.00 bits per heavy atom. The highest BCUT2D eigenvalue weighted by molar-refractivity contribution is 7.21. The zero-order chi connectivity index (χ0) is 12.7. The van der Waals surface area contributed by atoms with Crippen LogP contribution < -0.4 is 0 Å². The zero-order valence-electron chi connectivity index (χ0n) is 10.2. The quantitative estimate of drug-likeness (QED) is 0.591. The van der Waals surface area contributed by atoms with Crippen molar-refractivity contribution in [1.82, 2.24) is 4.98 Å². The third-order valence-corrected chi connectivity index (χ3v) is 4.26. The van der Waals surface area contributed by atoms with Gasteiger partial charge in [-0.15, -0.1) is 11.3 Å². The van der Waals surface area contributed by atoms with E-state index in [0.29, 0.717) is 0 Å². The zero-order valence-corrected chi connectivity index (χ0v) is 11.8. The van der Waals surface area contributed by atoms with E-state index >= 15 is 0 Å². The van der Waals surface area contributed by atoms with Crippen molar-refractivity contribution in [3.05, 3.63) is 52.5 Å². The van der Waals surface area contributed by atoms with Crippen LogP contribution in [0.3, 0.4) is 0 Å². The summed E-state index contributed by atoms with van der Waals surface area (Å²) in [7, 11) is 0. The maximum atomic E-state index is 6.29. The number of rotatable bonds is 1. The van der Waals surface area contributed by atoms with Gasteiger partial charge < -0.3 is 0 Å². The lowest BCUT2D eigenvalue weighted by Gasteiger charge is -2.00. The van der Waals surface area contributed by atoms with Crippen molar-refractivity contribution in [2.75, 3.05) is 0 Å². The Bertz CT molecular complexity index is 730. The highest BCUT2D eigenvalue weighted by atomic mass is 35.5. The number of hydrogen-bond donors (Lipinski definition) is 0. The van der Waals surface area contributed by atoms with Gasteiger partial charge in [-0.3, -0.25) is 0 Å². The number of thiazole rings is 1. The minimum absolute atomic E-state index is 0.769. The van der Waals surface area contributed by atoms with Gasteiger partial charge in [-0.05, 0) is 43.2 Å². The summed E-state index contributed by atoms with van der Waals surface area (Å²) in [5.74, 6) is 0. The molecule has 0 radical (unpaired) electrons. The molecule has 1 nitrogen and oxygen atoms in total. The van der Waals surface area contributed by atoms with Crippen molar-refractivity contribution in [3.8, 4) is 10.6 Å². The predicted octanol–water partition coefficient (Wildman–Crippen LogP) is 5.23. The first-order valence-electron chi connectivity index (χ1n) is 5.77. The van der Waals surface area contributed by atoms with E-state index in [4.69, 9.17) is 11.6 Å². The molecule has 0 aliphatic heterocycles. The van der Waals surface area contributed by atoms with Gasteiger partial charge in [0.15, 0.2) is 0 Å². The molecule has 0 spiro atoms. The molecular formula is C15H12ClNS. The van der Waals surface area contributed by atoms with Crippen LogP contribution in [0.2, 0.25) is 5.02 Å². The van der Waals surface area contributed by atoms with Crippen LogP contribution in [-0.2, 0) is 0 Å². The van der Waals surface area contributed by atoms with Crippen molar-refractivity contribution in [2.24, 2.45) is 0 Å². The summed E-state index contributed by atoms with van der Waals surface area (Å²) in [5, 5.41) is 1.76. The van der Waals surface area contributed by atoms with Gasteiger partial charge in [0.1, 0.15) is 5.01 Å². The molecule has 0 saturated heterocycles. The maximum absolute atomic E-state index is 6.29. The van der Waals surface area contributed by atoms with Gasteiger partial charge in [0.2, 0.25) is 0 Å². The Labute approximate surface area is 115 Å². The van der Waals surface area contributed by atoms with Crippen LogP contribution in [0.1, 0.15) is 11.1 Å². The van der Waals surface area contributed by atoms with Crippen LogP contribution in [-0.4, -0.2) is 4.98 Å². The summed E-state index contributed by atoms with van der Waals surface area (Å²) < 4.78 is 1.21. The smallest absolute Gasteiger partial charge is 0.126 e. The minimum atomic E-state index is 0.769. The molecule has 1 heterocycles. The van der Waals surface area contributed by atoms with Gasteiger partial charge in [-0.2, -0.15) is 0 Å².